The summed E-state index contributed by atoms with van der Waals surface area (Å²) in [5.41, 5.74) is -1.18. The number of carbonyl (C=O) groups is 1. The monoisotopic (exact) mass is 424 g/mol. The third-order valence-corrected chi connectivity index (χ3v) is 6.58. The minimum Gasteiger partial charge on any atom is -0.380 e. The van der Waals surface area contributed by atoms with Gasteiger partial charge in [-0.1, -0.05) is 30.3 Å². The number of nitrogens with one attached hydrogen (secondary N) is 1. The molecule has 0 bridgehead atoms. The summed E-state index contributed by atoms with van der Waals surface area (Å²) in [4.78, 5) is 35.9. The van der Waals surface area contributed by atoms with E-state index in [0.29, 0.717) is 0 Å². The zero-order chi connectivity index (χ0) is 21.6. The molecule has 10 nitrogen and oxygen atoms in total. The molecule has 1 unspecified atom stereocenters. The van der Waals surface area contributed by atoms with Crippen LogP contribution in [-0.2, 0) is 19.4 Å². The van der Waals surface area contributed by atoms with Gasteiger partial charge in [0.1, 0.15) is 12.3 Å². The molecule has 1 aliphatic rings. The molecule has 1 aromatic heterocycles. The Morgan fingerprint density at radius 3 is 2.52 bits per heavy atom. The summed E-state index contributed by atoms with van der Waals surface area (Å²) in [5.74, 6) is -1.07. The quantitative estimate of drug-likeness (QED) is 0.561. The van der Waals surface area contributed by atoms with Crippen molar-refractivity contribution in [2.24, 2.45) is 0 Å². The molecule has 1 fully saturated rings. The SMILES string of the molecule is Cc1cn([C@H]2C[C@@](O)(S(C)(=O)=O)[C@@H](C(=O)C(O)c3ccccc3)O2)c(=O)[nH]c1=O. The first-order valence-electron chi connectivity index (χ1n) is 8.62. The lowest BCUT2D eigenvalue weighted by molar-refractivity contribution is -0.146. The number of aromatic amines is 1. The van der Waals surface area contributed by atoms with Gasteiger partial charge in [0.05, 0.1) is 0 Å². The van der Waals surface area contributed by atoms with Crippen LogP contribution in [0.4, 0.5) is 0 Å². The molecular formula is C18H20N2O8S. The van der Waals surface area contributed by atoms with Crippen molar-refractivity contribution in [2.45, 2.75) is 36.7 Å². The average Bonchev–Trinajstić information content (AvgIpc) is 3.03. The molecule has 3 rings (SSSR count). The lowest BCUT2D eigenvalue weighted by Crippen LogP contribution is -2.50. The van der Waals surface area contributed by atoms with Gasteiger partial charge in [-0.2, -0.15) is 0 Å². The fourth-order valence-corrected chi connectivity index (χ4v) is 4.22. The molecule has 1 saturated heterocycles. The first kappa shape index (κ1) is 21.1. The smallest absolute Gasteiger partial charge is 0.330 e. The number of ketones is 1. The van der Waals surface area contributed by atoms with Crippen LogP contribution in [0.15, 0.2) is 46.1 Å². The fraction of sp³-hybridized carbons (Fsp3) is 0.389. The maximum absolute atomic E-state index is 12.8. The molecule has 0 aliphatic carbocycles. The molecule has 0 radical (unpaired) electrons. The largest absolute Gasteiger partial charge is 0.380 e. The van der Waals surface area contributed by atoms with E-state index in [4.69, 9.17) is 4.74 Å². The van der Waals surface area contributed by atoms with Crippen LogP contribution in [0.25, 0.3) is 0 Å². The summed E-state index contributed by atoms with van der Waals surface area (Å²) in [7, 11) is -4.27. The molecule has 29 heavy (non-hydrogen) atoms. The number of carbonyl (C=O) groups excluding carboxylic acids is 1. The summed E-state index contributed by atoms with van der Waals surface area (Å²) in [6.45, 7) is 1.42. The first-order valence-corrected chi connectivity index (χ1v) is 10.5. The number of benzene rings is 1. The molecule has 2 aromatic rings. The van der Waals surface area contributed by atoms with E-state index >= 15 is 0 Å². The van der Waals surface area contributed by atoms with Gasteiger partial charge in [0.15, 0.2) is 21.7 Å². The Bertz CT molecular complexity index is 1150. The van der Waals surface area contributed by atoms with Crippen LogP contribution in [0.3, 0.4) is 0 Å². The molecule has 1 aliphatic heterocycles. The van der Waals surface area contributed by atoms with Crippen LogP contribution < -0.4 is 11.2 Å². The van der Waals surface area contributed by atoms with Crippen molar-refractivity contribution in [1.29, 1.82) is 0 Å². The molecule has 2 heterocycles. The molecule has 0 spiro atoms. The fourth-order valence-electron chi connectivity index (χ4n) is 3.21. The van der Waals surface area contributed by atoms with Crippen LogP contribution in [-0.4, -0.2) is 51.3 Å². The summed E-state index contributed by atoms with van der Waals surface area (Å²) >= 11 is 0. The average molecular weight is 424 g/mol. The Hall–Kier alpha value is -2.60. The van der Waals surface area contributed by atoms with Crippen LogP contribution in [0.5, 0.6) is 0 Å². The Morgan fingerprint density at radius 1 is 1.31 bits per heavy atom. The number of hydrogen-bond acceptors (Lipinski definition) is 8. The molecule has 0 saturated carbocycles. The van der Waals surface area contributed by atoms with E-state index in [1.54, 1.807) is 18.2 Å². The van der Waals surface area contributed by atoms with Gasteiger partial charge in [0, 0.05) is 24.4 Å². The van der Waals surface area contributed by atoms with Gasteiger partial charge in [-0.25, -0.2) is 13.2 Å². The zero-order valence-electron chi connectivity index (χ0n) is 15.6. The summed E-state index contributed by atoms with van der Waals surface area (Å²) in [6.07, 6.45) is -3.81. The number of aryl methyl sites for hydroxylation is 1. The number of aliphatic hydroxyl groups is 2. The Balaban J connectivity index is 2.04. The van der Waals surface area contributed by atoms with E-state index in [9.17, 15) is 33.0 Å². The van der Waals surface area contributed by atoms with E-state index < -0.39 is 56.7 Å². The molecular weight excluding hydrogens is 404 g/mol. The van der Waals surface area contributed by atoms with Gasteiger partial charge in [-0.3, -0.25) is 19.1 Å². The number of rotatable bonds is 5. The molecule has 1 aromatic carbocycles. The molecule has 3 N–H and O–H groups in total. The third kappa shape index (κ3) is 3.69. The van der Waals surface area contributed by atoms with Crippen molar-refractivity contribution >= 4 is 15.6 Å². The van der Waals surface area contributed by atoms with Crippen molar-refractivity contribution in [3.05, 3.63) is 68.5 Å². The third-order valence-electron chi connectivity index (χ3n) is 4.91. The standard InChI is InChI=1S/C18H20N2O8S/c1-10-9-20(17(24)19-16(10)23)12-8-18(25,29(2,26)27)15(28-12)14(22)13(21)11-6-4-3-5-7-11/h3-7,9,12-13,15,21,25H,8H2,1-2H3,(H,19,23,24)/t12-,13?,15-,18-/m1/s1. The minimum atomic E-state index is -4.27. The second kappa shape index (κ2) is 7.34. The van der Waals surface area contributed by atoms with E-state index in [2.05, 4.69) is 0 Å². The van der Waals surface area contributed by atoms with Crippen molar-refractivity contribution in [1.82, 2.24) is 9.55 Å². The lowest BCUT2D eigenvalue weighted by Gasteiger charge is -2.26. The highest BCUT2D eigenvalue weighted by atomic mass is 32.2. The maximum atomic E-state index is 12.8. The highest BCUT2D eigenvalue weighted by Gasteiger charge is 2.59. The highest BCUT2D eigenvalue weighted by Crippen LogP contribution is 2.41. The van der Waals surface area contributed by atoms with E-state index in [1.165, 1.54) is 19.1 Å². The predicted molar refractivity (Wildman–Crippen MR) is 101 cm³/mol. The lowest BCUT2D eigenvalue weighted by atomic mass is 9.98. The van der Waals surface area contributed by atoms with Gasteiger partial charge in [0.2, 0.25) is 4.93 Å². The number of sulfone groups is 1. The summed E-state index contributed by atoms with van der Waals surface area (Å²) in [5, 5.41) is 21.3. The van der Waals surface area contributed by atoms with Crippen molar-refractivity contribution < 1.29 is 28.2 Å². The van der Waals surface area contributed by atoms with Crippen molar-refractivity contribution in [3.63, 3.8) is 0 Å². The summed E-state index contributed by atoms with van der Waals surface area (Å²) in [6, 6.07) is 7.75. The molecule has 0 amide bonds. The number of hydrogen-bond donors (Lipinski definition) is 3. The number of nitrogens with zero attached hydrogens (tertiary/aromatic N) is 1. The van der Waals surface area contributed by atoms with Gasteiger partial charge in [-0.05, 0) is 12.5 Å². The van der Waals surface area contributed by atoms with Crippen LogP contribution >= 0.6 is 0 Å². The van der Waals surface area contributed by atoms with Gasteiger partial charge >= 0.3 is 5.69 Å². The minimum absolute atomic E-state index is 0.148. The van der Waals surface area contributed by atoms with Crippen LogP contribution in [0.2, 0.25) is 0 Å². The second-order valence-corrected chi connectivity index (χ2v) is 9.24. The number of aromatic nitrogens is 2. The molecule has 156 valence electrons. The van der Waals surface area contributed by atoms with Crippen LogP contribution in [0, 0.1) is 6.92 Å². The molecule has 4 atom stereocenters. The Kier molecular flexibility index (Phi) is 5.34. The van der Waals surface area contributed by atoms with Crippen LogP contribution in [0.1, 0.15) is 29.9 Å². The number of aliphatic hydroxyl groups excluding tert-OH is 1. The second-order valence-electron chi connectivity index (χ2n) is 6.99. The van der Waals surface area contributed by atoms with Gasteiger partial charge in [0.25, 0.3) is 5.56 Å². The summed E-state index contributed by atoms with van der Waals surface area (Å²) < 4.78 is 31.0. The van der Waals surface area contributed by atoms with E-state index in [1.807, 2.05) is 4.98 Å². The van der Waals surface area contributed by atoms with Gasteiger partial charge < -0.3 is 14.9 Å². The van der Waals surface area contributed by atoms with Crippen molar-refractivity contribution in [3.8, 4) is 0 Å². The number of H-pyrrole nitrogens is 1. The normalized spacial score (nSPS) is 25.7. The zero-order valence-corrected chi connectivity index (χ0v) is 16.4. The predicted octanol–water partition coefficient (Wildman–Crippen LogP) is -0.832. The number of Topliss-reactive ketones (excluding diaryl/α,β-unsaturated/α-hetero) is 1. The molecule has 11 heteroatoms. The van der Waals surface area contributed by atoms with Crippen molar-refractivity contribution in [2.75, 3.05) is 6.26 Å². The Morgan fingerprint density at radius 2 is 1.93 bits per heavy atom. The maximum Gasteiger partial charge on any atom is 0.330 e. The Labute approximate surface area is 165 Å². The topological polar surface area (TPSA) is 156 Å². The number of ether oxygens (including phenoxy) is 1. The highest BCUT2D eigenvalue weighted by molar-refractivity contribution is 7.92. The van der Waals surface area contributed by atoms with E-state index in [0.717, 1.165) is 17.0 Å². The van der Waals surface area contributed by atoms with Gasteiger partial charge in [-0.15, -0.1) is 0 Å². The first-order chi connectivity index (χ1) is 13.5. The van der Waals surface area contributed by atoms with E-state index in [-0.39, 0.29) is 11.1 Å².